The van der Waals surface area contributed by atoms with E-state index in [0.717, 1.165) is 21.7 Å². The van der Waals surface area contributed by atoms with Gasteiger partial charge in [-0.15, -0.1) is 10.2 Å². The number of aromatic amines is 1. The fraction of sp³-hybridized carbons (Fsp3) is 0. The SMILES string of the molecule is c1nnc(Nc2ccc3[nH]ncc3c2)s1. The third-order valence-corrected chi connectivity index (χ3v) is 2.66. The number of hydrogen-bond donors (Lipinski definition) is 2. The Morgan fingerprint density at radius 2 is 2.33 bits per heavy atom. The van der Waals surface area contributed by atoms with Gasteiger partial charge in [-0.1, -0.05) is 11.3 Å². The Morgan fingerprint density at radius 1 is 1.33 bits per heavy atom. The molecule has 3 rings (SSSR count). The van der Waals surface area contributed by atoms with Crippen molar-refractivity contribution in [1.29, 1.82) is 0 Å². The first-order chi connectivity index (χ1) is 7.42. The van der Waals surface area contributed by atoms with Crippen molar-refractivity contribution in [3.05, 3.63) is 29.9 Å². The normalized spacial score (nSPS) is 10.7. The summed E-state index contributed by atoms with van der Waals surface area (Å²) in [5.41, 5.74) is 3.71. The first kappa shape index (κ1) is 8.37. The van der Waals surface area contributed by atoms with Crippen LogP contribution in [0.15, 0.2) is 29.9 Å². The lowest BCUT2D eigenvalue weighted by atomic mass is 10.2. The van der Waals surface area contributed by atoms with Crippen molar-refractivity contribution in [2.24, 2.45) is 0 Å². The maximum Gasteiger partial charge on any atom is 0.209 e. The molecular formula is C9H7N5S. The molecule has 2 aromatic heterocycles. The van der Waals surface area contributed by atoms with Gasteiger partial charge in [0.2, 0.25) is 5.13 Å². The van der Waals surface area contributed by atoms with Gasteiger partial charge in [0, 0.05) is 11.1 Å². The lowest BCUT2D eigenvalue weighted by molar-refractivity contribution is 1.09. The molecule has 2 N–H and O–H groups in total. The van der Waals surface area contributed by atoms with Gasteiger partial charge in [-0.05, 0) is 18.2 Å². The first-order valence-electron chi connectivity index (χ1n) is 4.38. The van der Waals surface area contributed by atoms with Crippen molar-refractivity contribution < 1.29 is 0 Å². The lowest BCUT2D eigenvalue weighted by Gasteiger charge is -2.00. The van der Waals surface area contributed by atoms with E-state index in [9.17, 15) is 0 Å². The third-order valence-electron chi connectivity index (χ3n) is 2.05. The minimum atomic E-state index is 0.790. The van der Waals surface area contributed by atoms with Crippen LogP contribution in [0, 0.1) is 0 Å². The van der Waals surface area contributed by atoms with Crippen LogP contribution in [0.3, 0.4) is 0 Å². The molecule has 0 aliphatic rings. The summed E-state index contributed by atoms with van der Waals surface area (Å²) < 4.78 is 0. The Hall–Kier alpha value is -1.95. The zero-order valence-electron chi connectivity index (χ0n) is 7.64. The quantitative estimate of drug-likeness (QED) is 0.690. The number of H-pyrrole nitrogens is 1. The molecule has 0 aliphatic heterocycles. The average molecular weight is 217 g/mol. The van der Waals surface area contributed by atoms with Crippen LogP contribution in [0.4, 0.5) is 10.8 Å². The molecule has 1 aromatic carbocycles. The van der Waals surface area contributed by atoms with Gasteiger partial charge in [-0.2, -0.15) is 5.10 Å². The third kappa shape index (κ3) is 1.55. The molecule has 0 bridgehead atoms. The van der Waals surface area contributed by atoms with E-state index in [2.05, 4.69) is 25.7 Å². The minimum absolute atomic E-state index is 0.790. The smallest absolute Gasteiger partial charge is 0.209 e. The van der Waals surface area contributed by atoms with Gasteiger partial charge < -0.3 is 5.32 Å². The van der Waals surface area contributed by atoms with E-state index in [1.54, 1.807) is 11.7 Å². The van der Waals surface area contributed by atoms with E-state index in [4.69, 9.17) is 0 Å². The van der Waals surface area contributed by atoms with Crippen LogP contribution in [-0.2, 0) is 0 Å². The van der Waals surface area contributed by atoms with Gasteiger partial charge in [0.25, 0.3) is 0 Å². The number of nitrogens with one attached hydrogen (secondary N) is 2. The zero-order chi connectivity index (χ0) is 10.1. The Kier molecular flexibility index (Phi) is 1.85. The number of aromatic nitrogens is 4. The molecule has 3 aromatic rings. The van der Waals surface area contributed by atoms with E-state index in [-0.39, 0.29) is 0 Å². The Balaban J connectivity index is 1.97. The van der Waals surface area contributed by atoms with Crippen LogP contribution < -0.4 is 5.32 Å². The molecule has 5 nitrogen and oxygen atoms in total. The standard InChI is InChI=1S/C9H7N5S/c1-2-8-6(4-10-13-8)3-7(1)12-9-14-11-5-15-9/h1-5H,(H,10,13)(H,12,14). The van der Waals surface area contributed by atoms with Gasteiger partial charge in [0.1, 0.15) is 5.51 Å². The van der Waals surface area contributed by atoms with E-state index in [1.807, 2.05) is 18.2 Å². The fourth-order valence-electron chi connectivity index (χ4n) is 1.37. The molecule has 2 heterocycles. The number of rotatable bonds is 2. The molecule has 6 heteroatoms. The molecule has 0 amide bonds. The van der Waals surface area contributed by atoms with Crippen LogP contribution in [0.5, 0.6) is 0 Å². The Morgan fingerprint density at radius 3 is 3.20 bits per heavy atom. The van der Waals surface area contributed by atoms with Crippen LogP contribution in [0.25, 0.3) is 10.9 Å². The van der Waals surface area contributed by atoms with Crippen molar-refractivity contribution in [3.63, 3.8) is 0 Å². The van der Waals surface area contributed by atoms with Gasteiger partial charge in [-0.3, -0.25) is 5.10 Å². The highest BCUT2D eigenvalue weighted by Crippen LogP contribution is 2.21. The number of fused-ring (bicyclic) bond motifs is 1. The molecule has 0 saturated carbocycles. The average Bonchev–Trinajstić information content (AvgIpc) is 2.87. The minimum Gasteiger partial charge on any atom is -0.330 e. The van der Waals surface area contributed by atoms with Gasteiger partial charge in [0.15, 0.2) is 0 Å². The molecule has 0 fully saturated rings. The first-order valence-corrected chi connectivity index (χ1v) is 5.26. The molecule has 0 atom stereocenters. The lowest BCUT2D eigenvalue weighted by Crippen LogP contribution is -1.88. The summed E-state index contributed by atoms with van der Waals surface area (Å²) in [7, 11) is 0. The van der Waals surface area contributed by atoms with Crippen molar-refractivity contribution in [2.45, 2.75) is 0 Å². The Bertz CT molecular complexity index is 571. The van der Waals surface area contributed by atoms with Crippen molar-refractivity contribution in [3.8, 4) is 0 Å². The molecule has 15 heavy (non-hydrogen) atoms. The molecule has 0 radical (unpaired) electrons. The summed E-state index contributed by atoms with van der Waals surface area (Å²) in [5.74, 6) is 0. The van der Waals surface area contributed by atoms with Crippen LogP contribution in [-0.4, -0.2) is 20.4 Å². The van der Waals surface area contributed by atoms with Crippen LogP contribution in [0.1, 0.15) is 0 Å². The highest BCUT2D eigenvalue weighted by atomic mass is 32.1. The monoisotopic (exact) mass is 217 g/mol. The van der Waals surface area contributed by atoms with E-state index in [1.165, 1.54) is 11.3 Å². The second-order valence-electron chi connectivity index (χ2n) is 3.04. The summed E-state index contributed by atoms with van der Waals surface area (Å²) in [6, 6.07) is 5.97. The van der Waals surface area contributed by atoms with E-state index >= 15 is 0 Å². The molecule has 74 valence electrons. The van der Waals surface area contributed by atoms with Crippen molar-refractivity contribution in [1.82, 2.24) is 20.4 Å². The summed E-state index contributed by atoms with van der Waals surface area (Å²) >= 11 is 1.47. The number of hydrogen-bond acceptors (Lipinski definition) is 5. The number of benzene rings is 1. The predicted molar refractivity (Wildman–Crippen MR) is 59.3 cm³/mol. The van der Waals surface area contributed by atoms with Crippen molar-refractivity contribution in [2.75, 3.05) is 5.32 Å². The number of anilines is 2. The molecule has 0 unspecified atom stereocenters. The Labute approximate surface area is 89.2 Å². The summed E-state index contributed by atoms with van der Waals surface area (Å²) in [6.45, 7) is 0. The highest BCUT2D eigenvalue weighted by molar-refractivity contribution is 7.13. The largest absolute Gasteiger partial charge is 0.330 e. The predicted octanol–water partition coefficient (Wildman–Crippen LogP) is 2.16. The zero-order valence-corrected chi connectivity index (χ0v) is 8.45. The maximum atomic E-state index is 3.96. The highest BCUT2D eigenvalue weighted by Gasteiger charge is 2.00. The van der Waals surface area contributed by atoms with Gasteiger partial charge in [-0.25, -0.2) is 0 Å². The molecule has 0 spiro atoms. The molecule has 0 saturated heterocycles. The summed E-state index contributed by atoms with van der Waals surface area (Å²) in [5, 5.41) is 19.6. The fourth-order valence-corrected chi connectivity index (χ4v) is 1.84. The summed E-state index contributed by atoms with van der Waals surface area (Å²) in [6.07, 6.45) is 1.79. The van der Waals surface area contributed by atoms with E-state index in [0.29, 0.717) is 0 Å². The van der Waals surface area contributed by atoms with Crippen LogP contribution in [0.2, 0.25) is 0 Å². The van der Waals surface area contributed by atoms with Crippen molar-refractivity contribution >= 4 is 33.1 Å². The second-order valence-corrected chi connectivity index (χ2v) is 3.87. The molecule has 0 aliphatic carbocycles. The second kappa shape index (κ2) is 3.32. The van der Waals surface area contributed by atoms with Gasteiger partial charge in [0.05, 0.1) is 11.7 Å². The molecular weight excluding hydrogens is 210 g/mol. The maximum absolute atomic E-state index is 3.96. The number of nitrogens with zero attached hydrogens (tertiary/aromatic N) is 3. The van der Waals surface area contributed by atoms with Gasteiger partial charge >= 0.3 is 0 Å². The summed E-state index contributed by atoms with van der Waals surface area (Å²) in [4.78, 5) is 0. The van der Waals surface area contributed by atoms with Crippen LogP contribution >= 0.6 is 11.3 Å². The topological polar surface area (TPSA) is 66.5 Å². The van der Waals surface area contributed by atoms with E-state index < -0.39 is 0 Å².